The summed E-state index contributed by atoms with van der Waals surface area (Å²) < 4.78 is 1.38. The number of aromatic nitrogens is 1. The van der Waals surface area contributed by atoms with Crippen LogP contribution in [0.3, 0.4) is 0 Å². The zero-order chi connectivity index (χ0) is 23.4. The van der Waals surface area contributed by atoms with Gasteiger partial charge in [-0.25, -0.2) is 0 Å². The van der Waals surface area contributed by atoms with Crippen LogP contribution in [0.15, 0.2) is 95.8 Å². The van der Waals surface area contributed by atoms with Crippen LogP contribution in [0.1, 0.15) is 28.4 Å². The summed E-state index contributed by atoms with van der Waals surface area (Å²) in [6.45, 7) is 0. The predicted octanol–water partition coefficient (Wildman–Crippen LogP) is 4.81. The SMILES string of the molecule is Cn1c(=O)c(C(=O)/C=C/CC(Nc2cccc(N)c2)c2ccccc2)c(O)c2ccccc21. The maximum Gasteiger partial charge on any atom is 0.265 e. The second-order valence-electron chi connectivity index (χ2n) is 7.84. The van der Waals surface area contributed by atoms with Crippen molar-refractivity contribution in [3.63, 3.8) is 0 Å². The van der Waals surface area contributed by atoms with Gasteiger partial charge in [-0.2, -0.15) is 0 Å². The summed E-state index contributed by atoms with van der Waals surface area (Å²) in [7, 11) is 1.59. The third-order valence-electron chi connectivity index (χ3n) is 5.59. The van der Waals surface area contributed by atoms with E-state index in [-0.39, 0.29) is 17.4 Å². The van der Waals surface area contributed by atoms with Crippen molar-refractivity contribution in [2.75, 3.05) is 11.1 Å². The molecule has 6 heteroatoms. The predicted molar refractivity (Wildman–Crippen MR) is 133 cm³/mol. The van der Waals surface area contributed by atoms with Crippen LogP contribution in [0, 0.1) is 0 Å². The molecule has 1 aromatic heterocycles. The lowest BCUT2D eigenvalue weighted by molar-refractivity contribution is 0.104. The van der Waals surface area contributed by atoms with Crippen molar-refractivity contribution in [2.24, 2.45) is 7.05 Å². The molecule has 0 aliphatic heterocycles. The van der Waals surface area contributed by atoms with Gasteiger partial charge in [-0.15, -0.1) is 0 Å². The molecule has 0 amide bonds. The Morgan fingerprint density at radius 3 is 2.55 bits per heavy atom. The number of para-hydroxylation sites is 1. The molecule has 3 aromatic carbocycles. The summed E-state index contributed by atoms with van der Waals surface area (Å²) in [5.41, 5.74) is 8.27. The molecule has 1 unspecified atom stereocenters. The van der Waals surface area contributed by atoms with Gasteiger partial charge < -0.3 is 20.7 Å². The minimum atomic E-state index is -0.533. The van der Waals surface area contributed by atoms with E-state index in [0.717, 1.165) is 11.3 Å². The fraction of sp³-hybridized carbons (Fsp3) is 0.111. The Labute approximate surface area is 191 Å². The van der Waals surface area contributed by atoms with E-state index in [1.807, 2.05) is 54.6 Å². The Bertz CT molecular complexity index is 1390. The van der Waals surface area contributed by atoms with Crippen molar-refractivity contribution in [1.29, 1.82) is 0 Å². The minimum Gasteiger partial charge on any atom is -0.506 e. The molecule has 4 N–H and O–H groups in total. The molecule has 1 atom stereocenters. The molecule has 4 aromatic rings. The highest BCUT2D eigenvalue weighted by atomic mass is 16.3. The monoisotopic (exact) mass is 439 g/mol. The molecule has 1 heterocycles. The number of hydrogen-bond acceptors (Lipinski definition) is 5. The summed E-state index contributed by atoms with van der Waals surface area (Å²) in [6.07, 6.45) is 3.55. The molecule has 166 valence electrons. The maximum absolute atomic E-state index is 12.9. The third kappa shape index (κ3) is 4.65. The Hall–Kier alpha value is -4.32. The van der Waals surface area contributed by atoms with Crippen LogP contribution in [-0.2, 0) is 7.05 Å². The average Bonchev–Trinajstić information content (AvgIpc) is 2.83. The normalized spacial score (nSPS) is 12.2. The number of allylic oxidation sites excluding steroid dienone is 1. The molecule has 0 radical (unpaired) electrons. The van der Waals surface area contributed by atoms with Gasteiger partial charge in [0, 0.05) is 23.8 Å². The third-order valence-corrected chi connectivity index (χ3v) is 5.59. The summed E-state index contributed by atoms with van der Waals surface area (Å²) >= 11 is 0. The Balaban J connectivity index is 1.61. The van der Waals surface area contributed by atoms with Crippen LogP contribution in [0.4, 0.5) is 11.4 Å². The van der Waals surface area contributed by atoms with Gasteiger partial charge in [0.05, 0.1) is 11.6 Å². The van der Waals surface area contributed by atoms with E-state index in [9.17, 15) is 14.7 Å². The summed E-state index contributed by atoms with van der Waals surface area (Å²) in [4.78, 5) is 25.7. The summed E-state index contributed by atoms with van der Waals surface area (Å²) in [6, 6.07) is 24.2. The highest BCUT2D eigenvalue weighted by Crippen LogP contribution is 2.27. The summed E-state index contributed by atoms with van der Waals surface area (Å²) in [5.74, 6) is -0.824. The van der Waals surface area contributed by atoms with Gasteiger partial charge >= 0.3 is 0 Å². The number of fused-ring (bicyclic) bond motifs is 1. The van der Waals surface area contributed by atoms with Crippen LogP contribution in [0.25, 0.3) is 10.9 Å². The maximum atomic E-state index is 12.9. The van der Waals surface area contributed by atoms with Crippen molar-refractivity contribution < 1.29 is 9.90 Å². The van der Waals surface area contributed by atoms with Crippen molar-refractivity contribution in [3.8, 4) is 5.75 Å². The number of carbonyl (C=O) groups is 1. The van der Waals surface area contributed by atoms with E-state index in [2.05, 4.69) is 5.32 Å². The van der Waals surface area contributed by atoms with Crippen LogP contribution in [0.5, 0.6) is 5.75 Å². The van der Waals surface area contributed by atoms with E-state index in [4.69, 9.17) is 5.73 Å². The van der Waals surface area contributed by atoms with E-state index < -0.39 is 11.3 Å². The molecule has 0 spiro atoms. The number of hydrogen-bond donors (Lipinski definition) is 3. The number of rotatable bonds is 7. The highest BCUT2D eigenvalue weighted by molar-refractivity contribution is 6.09. The first-order valence-corrected chi connectivity index (χ1v) is 10.6. The number of carbonyl (C=O) groups excluding carboxylic acids is 1. The first-order valence-electron chi connectivity index (χ1n) is 10.6. The topological polar surface area (TPSA) is 97.4 Å². The second-order valence-corrected chi connectivity index (χ2v) is 7.84. The molecule has 6 nitrogen and oxygen atoms in total. The van der Waals surface area contributed by atoms with Crippen LogP contribution in [0.2, 0.25) is 0 Å². The largest absolute Gasteiger partial charge is 0.506 e. The van der Waals surface area contributed by atoms with E-state index in [0.29, 0.717) is 23.0 Å². The summed E-state index contributed by atoms with van der Waals surface area (Å²) in [5, 5.41) is 14.5. The molecule has 33 heavy (non-hydrogen) atoms. The van der Waals surface area contributed by atoms with Crippen LogP contribution >= 0.6 is 0 Å². The molecular formula is C27H25N3O3. The van der Waals surface area contributed by atoms with Gasteiger partial charge in [-0.05, 0) is 48.4 Å². The second kappa shape index (κ2) is 9.44. The van der Waals surface area contributed by atoms with Gasteiger partial charge in [0.25, 0.3) is 5.56 Å². The number of benzene rings is 3. The van der Waals surface area contributed by atoms with Crippen LogP contribution in [-0.4, -0.2) is 15.5 Å². The van der Waals surface area contributed by atoms with Gasteiger partial charge in [0.2, 0.25) is 0 Å². The zero-order valence-electron chi connectivity index (χ0n) is 18.2. The van der Waals surface area contributed by atoms with Crippen molar-refractivity contribution in [3.05, 3.63) is 112 Å². The fourth-order valence-electron chi connectivity index (χ4n) is 3.89. The first-order chi connectivity index (χ1) is 16.0. The zero-order valence-corrected chi connectivity index (χ0v) is 18.2. The molecule has 4 rings (SSSR count). The van der Waals surface area contributed by atoms with Gasteiger partial charge in [-0.1, -0.05) is 54.6 Å². The molecule has 0 saturated carbocycles. The molecule has 0 aliphatic carbocycles. The smallest absolute Gasteiger partial charge is 0.265 e. The molecule has 0 aliphatic rings. The number of nitrogens with zero attached hydrogens (tertiary/aromatic N) is 1. The number of pyridine rings is 1. The van der Waals surface area contributed by atoms with Crippen LogP contribution < -0.4 is 16.6 Å². The quantitative estimate of drug-likeness (QED) is 0.218. The molecule has 0 fully saturated rings. The van der Waals surface area contributed by atoms with E-state index in [1.54, 1.807) is 37.4 Å². The highest BCUT2D eigenvalue weighted by Gasteiger charge is 2.19. The molecular weight excluding hydrogens is 414 g/mol. The number of aromatic hydroxyl groups is 1. The molecule has 0 bridgehead atoms. The van der Waals surface area contributed by atoms with Gasteiger partial charge in [0.1, 0.15) is 11.3 Å². The number of nitrogens with two attached hydrogens (primary N) is 1. The fourth-order valence-corrected chi connectivity index (χ4v) is 3.89. The lowest BCUT2D eigenvalue weighted by atomic mass is 10.0. The molecule has 0 saturated heterocycles. The lowest BCUT2D eigenvalue weighted by Gasteiger charge is -2.19. The van der Waals surface area contributed by atoms with Gasteiger partial charge in [-0.3, -0.25) is 9.59 Å². The number of ketones is 1. The number of anilines is 2. The Kier molecular flexibility index (Phi) is 6.26. The van der Waals surface area contributed by atoms with Crippen molar-refractivity contribution >= 4 is 28.1 Å². The van der Waals surface area contributed by atoms with Crippen molar-refractivity contribution in [1.82, 2.24) is 4.57 Å². The number of nitrogens with one attached hydrogen (secondary N) is 1. The number of aryl methyl sites for hydroxylation is 1. The van der Waals surface area contributed by atoms with Gasteiger partial charge in [0.15, 0.2) is 5.78 Å². The first kappa shape index (κ1) is 21.9. The van der Waals surface area contributed by atoms with E-state index >= 15 is 0 Å². The number of nitrogen functional groups attached to an aromatic ring is 1. The van der Waals surface area contributed by atoms with E-state index in [1.165, 1.54) is 10.6 Å². The standard InChI is InChI=1S/C27H25N3O3/c1-30-23-15-6-5-13-21(23)26(32)25(27(30)33)24(31)16-8-14-22(18-9-3-2-4-10-18)29-20-12-7-11-19(28)17-20/h2-13,15-17,22,29,32H,14,28H2,1H3/b16-8+. The minimum absolute atomic E-state index is 0.120. The lowest BCUT2D eigenvalue weighted by Crippen LogP contribution is -2.24. The average molecular weight is 440 g/mol. The van der Waals surface area contributed by atoms with Crippen molar-refractivity contribution in [2.45, 2.75) is 12.5 Å². The Morgan fingerprint density at radius 2 is 1.79 bits per heavy atom. The Morgan fingerprint density at radius 1 is 1.06 bits per heavy atom.